The Morgan fingerprint density at radius 3 is 2.55 bits per heavy atom. The summed E-state index contributed by atoms with van der Waals surface area (Å²) < 4.78 is 13.7. The number of carboxylic acid groups (broad SMARTS) is 1. The number of carboxylic acids is 1. The van der Waals surface area contributed by atoms with E-state index in [1.54, 1.807) is 0 Å². The number of nitrogens with zero attached hydrogens (tertiary/aromatic N) is 2. The number of hydrogen-bond donors (Lipinski definition) is 1. The molecule has 0 saturated heterocycles. The molecule has 0 heterocycles. The van der Waals surface area contributed by atoms with Crippen molar-refractivity contribution in [2.75, 3.05) is 6.54 Å². The minimum atomic E-state index is -1.19. The summed E-state index contributed by atoms with van der Waals surface area (Å²) in [6, 6.07) is 2.47. The Balaban J connectivity index is 2.27. The summed E-state index contributed by atoms with van der Waals surface area (Å²) in [6.07, 6.45) is 1.35. The number of benzene rings is 1. The van der Waals surface area contributed by atoms with Gasteiger partial charge in [-0.05, 0) is 18.9 Å². The van der Waals surface area contributed by atoms with E-state index in [1.165, 1.54) is 0 Å². The largest absolute Gasteiger partial charge is 0.480 e. The summed E-state index contributed by atoms with van der Waals surface area (Å²) in [4.78, 5) is 33.6. The molecule has 0 unspecified atom stereocenters. The number of amides is 1. The van der Waals surface area contributed by atoms with Gasteiger partial charge in [-0.1, -0.05) is 0 Å². The Labute approximate surface area is 112 Å². The number of nitro groups is 1. The summed E-state index contributed by atoms with van der Waals surface area (Å²) in [5, 5.41) is 19.3. The minimum Gasteiger partial charge on any atom is -0.480 e. The van der Waals surface area contributed by atoms with Gasteiger partial charge in [0.1, 0.15) is 12.4 Å². The molecule has 1 aliphatic carbocycles. The van der Waals surface area contributed by atoms with Crippen LogP contribution in [0.2, 0.25) is 0 Å². The normalized spacial score (nSPS) is 13.8. The Morgan fingerprint density at radius 2 is 2.10 bits per heavy atom. The van der Waals surface area contributed by atoms with Crippen molar-refractivity contribution < 1.29 is 24.0 Å². The van der Waals surface area contributed by atoms with Crippen LogP contribution in [0.5, 0.6) is 0 Å². The number of carbonyl (C=O) groups excluding carboxylic acids is 1. The lowest BCUT2D eigenvalue weighted by molar-refractivity contribution is -0.385. The van der Waals surface area contributed by atoms with E-state index in [1.807, 2.05) is 0 Å². The predicted octanol–water partition coefficient (Wildman–Crippen LogP) is 1.42. The van der Waals surface area contributed by atoms with Crippen LogP contribution in [0.25, 0.3) is 0 Å². The maximum absolute atomic E-state index is 13.7. The molecular weight excluding hydrogens is 271 g/mol. The van der Waals surface area contributed by atoms with Gasteiger partial charge in [0.05, 0.1) is 16.6 Å². The molecule has 106 valence electrons. The molecule has 8 heteroatoms. The Hall–Kier alpha value is -2.51. The fourth-order valence-corrected chi connectivity index (χ4v) is 1.84. The lowest BCUT2D eigenvalue weighted by Gasteiger charge is -2.20. The zero-order valence-corrected chi connectivity index (χ0v) is 10.3. The second-order valence-electron chi connectivity index (χ2n) is 4.48. The summed E-state index contributed by atoms with van der Waals surface area (Å²) in [5.74, 6) is -2.98. The molecule has 0 bridgehead atoms. The van der Waals surface area contributed by atoms with Crippen LogP contribution < -0.4 is 0 Å². The lowest BCUT2D eigenvalue weighted by Crippen LogP contribution is -2.37. The molecule has 1 aliphatic rings. The SMILES string of the molecule is O=C(O)CN(C(=O)c1ccc([N+](=O)[O-])cc1F)C1CC1. The molecule has 0 atom stereocenters. The highest BCUT2D eigenvalue weighted by Gasteiger charge is 2.35. The van der Waals surface area contributed by atoms with Crippen LogP contribution in [0.4, 0.5) is 10.1 Å². The average molecular weight is 282 g/mol. The molecule has 7 nitrogen and oxygen atoms in total. The lowest BCUT2D eigenvalue weighted by atomic mass is 10.1. The molecule has 1 amide bonds. The van der Waals surface area contributed by atoms with Gasteiger partial charge < -0.3 is 10.0 Å². The first-order valence-electron chi connectivity index (χ1n) is 5.87. The average Bonchev–Trinajstić information content (AvgIpc) is 3.19. The maximum Gasteiger partial charge on any atom is 0.323 e. The number of carbonyl (C=O) groups is 2. The van der Waals surface area contributed by atoms with Crippen molar-refractivity contribution >= 4 is 17.6 Å². The van der Waals surface area contributed by atoms with Crippen LogP contribution in [-0.2, 0) is 4.79 Å². The minimum absolute atomic E-state index is 0.201. The molecule has 1 fully saturated rings. The van der Waals surface area contributed by atoms with Crippen molar-refractivity contribution in [1.29, 1.82) is 0 Å². The third-order valence-corrected chi connectivity index (χ3v) is 2.95. The van der Waals surface area contributed by atoms with Gasteiger partial charge in [0.15, 0.2) is 0 Å². The monoisotopic (exact) mass is 282 g/mol. The van der Waals surface area contributed by atoms with Crippen LogP contribution in [0.1, 0.15) is 23.2 Å². The van der Waals surface area contributed by atoms with Gasteiger partial charge in [-0.2, -0.15) is 0 Å². The second kappa shape index (κ2) is 5.24. The number of halogens is 1. The molecule has 0 aliphatic heterocycles. The van der Waals surface area contributed by atoms with Gasteiger partial charge in [0, 0.05) is 12.1 Å². The van der Waals surface area contributed by atoms with E-state index in [0.29, 0.717) is 18.9 Å². The quantitative estimate of drug-likeness (QED) is 0.650. The summed E-state index contributed by atoms with van der Waals surface area (Å²) in [5.41, 5.74) is -0.820. The number of rotatable bonds is 5. The van der Waals surface area contributed by atoms with E-state index in [2.05, 4.69) is 0 Å². The smallest absolute Gasteiger partial charge is 0.323 e. The van der Waals surface area contributed by atoms with Crippen LogP contribution in [-0.4, -0.2) is 39.4 Å². The standard InChI is InChI=1S/C12H11FN2O5/c13-10-5-8(15(19)20)3-4-9(10)12(18)14(6-11(16)17)7-1-2-7/h3-5,7H,1-2,6H2,(H,16,17). The van der Waals surface area contributed by atoms with E-state index >= 15 is 0 Å². The first-order chi connectivity index (χ1) is 9.40. The Kier molecular flexibility index (Phi) is 3.64. The van der Waals surface area contributed by atoms with Crippen molar-refractivity contribution in [2.45, 2.75) is 18.9 Å². The van der Waals surface area contributed by atoms with Crippen LogP contribution >= 0.6 is 0 Å². The van der Waals surface area contributed by atoms with E-state index in [4.69, 9.17) is 5.11 Å². The van der Waals surface area contributed by atoms with Crippen molar-refractivity contribution in [3.05, 3.63) is 39.7 Å². The van der Waals surface area contributed by atoms with E-state index in [-0.39, 0.29) is 11.6 Å². The Bertz CT molecular complexity index is 585. The van der Waals surface area contributed by atoms with Crippen molar-refractivity contribution in [2.24, 2.45) is 0 Å². The van der Waals surface area contributed by atoms with Crippen molar-refractivity contribution in [1.82, 2.24) is 4.90 Å². The molecule has 1 saturated carbocycles. The molecule has 2 rings (SSSR count). The van der Waals surface area contributed by atoms with Gasteiger partial charge >= 0.3 is 5.97 Å². The van der Waals surface area contributed by atoms with Gasteiger partial charge in [0.25, 0.3) is 11.6 Å². The highest BCUT2D eigenvalue weighted by Crippen LogP contribution is 2.29. The fourth-order valence-electron chi connectivity index (χ4n) is 1.84. The highest BCUT2D eigenvalue weighted by molar-refractivity contribution is 5.96. The van der Waals surface area contributed by atoms with Crippen molar-refractivity contribution in [3.8, 4) is 0 Å². The number of non-ortho nitro benzene ring substituents is 1. The van der Waals surface area contributed by atoms with Gasteiger partial charge in [-0.25, -0.2) is 4.39 Å². The van der Waals surface area contributed by atoms with E-state index in [9.17, 15) is 24.1 Å². The third kappa shape index (κ3) is 2.90. The number of aliphatic carboxylic acids is 1. The molecule has 0 spiro atoms. The van der Waals surface area contributed by atoms with Gasteiger partial charge in [-0.15, -0.1) is 0 Å². The molecule has 1 N–H and O–H groups in total. The summed E-state index contributed by atoms with van der Waals surface area (Å²) in [7, 11) is 0. The topological polar surface area (TPSA) is 101 Å². The van der Waals surface area contributed by atoms with E-state index in [0.717, 1.165) is 17.0 Å². The zero-order valence-electron chi connectivity index (χ0n) is 10.3. The fraction of sp³-hybridized carbons (Fsp3) is 0.333. The molecule has 1 aromatic carbocycles. The Morgan fingerprint density at radius 1 is 1.45 bits per heavy atom. The first kappa shape index (κ1) is 13.9. The second-order valence-corrected chi connectivity index (χ2v) is 4.48. The first-order valence-corrected chi connectivity index (χ1v) is 5.87. The highest BCUT2D eigenvalue weighted by atomic mass is 19.1. The van der Waals surface area contributed by atoms with Crippen LogP contribution in [0, 0.1) is 15.9 Å². The molecule has 0 aromatic heterocycles. The van der Waals surface area contributed by atoms with Crippen LogP contribution in [0.15, 0.2) is 18.2 Å². The molecular formula is C12H11FN2O5. The van der Waals surface area contributed by atoms with E-state index < -0.39 is 34.8 Å². The van der Waals surface area contributed by atoms with Gasteiger partial charge in [0.2, 0.25) is 0 Å². The van der Waals surface area contributed by atoms with Gasteiger partial charge in [-0.3, -0.25) is 19.7 Å². The molecule has 20 heavy (non-hydrogen) atoms. The third-order valence-electron chi connectivity index (χ3n) is 2.95. The predicted molar refractivity (Wildman–Crippen MR) is 64.7 cm³/mol. The summed E-state index contributed by atoms with van der Waals surface area (Å²) >= 11 is 0. The number of nitro benzene ring substituents is 1. The van der Waals surface area contributed by atoms with Crippen molar-refractivity contribution in [3.63, 3.8) is 0 Å². The molecule has 1 aromatic rings. The molecule has 0 radical (unpaired) electrons. The number of hydrogen-bond acceptors (Lipinski definition) is 4. The van der Waals surface area contributed by atoms with Crippen LogP contribution in [0.3, 0.4) is 0 Å². The maximum atomic E-state index is 13.7. The summed E-state index contributed by atoms with van der Waals surface area (Å²) in [6.45, 7) is -0.514. The zero-order chi connectivity index (χ0) is 14.9.